The Kier molecular flexibility index (Phi) is 1.77. The number of imidazole rings is 1. The highest BCUT2D eigenvalue weighted by Gasteiger charge is 2.11. The first-order valence-corrected chi connectivity index (χ1v) is 4.21. The number of hydrogen-bond acceptors (Lipinski definition) is 5. The van der Waals surface area contributed by atoms with Gasteiger partial charge >= 0.3 is 0 Å². The molecule has 0 aromatic carbocycles. The van der Waals surface area contributed by atoms with E-state index in [0.29, 0.717) is 5.65 Å². The molecular weight excluding hydrogens is 180 g/mol. The van der Waals surface area contributed by atoms with Crippen LogP contribution in [-0.2, 0) is 7.05 Å². The van der Waals surface area contributed by atoms with Crippen molar-refractivity contribution in [2.75, 3.05) is 24.7 Å². The molecule has 0 bridgehead atoms. The smallest absolute Gasteiger partial charge is 0.224 e. The van der Waals surface area contributed by atoms with Crippen molar-refractivity contribution in [3.05, 3.63) is 6.33 Å². The summed E-state index contributed by atoms with van der Waals surface area (Å²) in [5, 5.41) is 0. The molecular formula is C8H12N6. The first-order valence-electron chi connectivity index (χ1n) is 4.21. The van der Waals surface area contributed by atoms with Gasteiger partial charge in [0.1, 0.15) is 5.52 Å². The fourth-order valence-corrected chi connectivity index (χ4v) is 1.36. The topological polar surface area (TPSA) is 72.9 Å². The molecule has 0 spiro atoms. The predicted octanol–water partition coefficient (Wildman–Crippen LogP) is 0.0115. The minimum atomic E-state index is 0.250. The number of rotatable bonds is 1. The lowest BCUT2D eigenvalue weighted by molar-refractivity contribution is 0.936. The Labute approximate surface area is 81.4 Å². The molecule has 2 aromatic heterocycles. The summed E-state index contributed by atoms with van der Waals surface area (Å²) in [6, 6.07) is 0. The maximum absolute atomic E-state index is 5.57. The second-order valence-electron chi connectivity index (χ2n) is 3.33. The van der Waals surface area contributed by atoms with Gasteiger partial charge in [0.15, 0.2) is 11.5 Å². The molecule has 2 aromatic rings. The summed E-state index contributed by atoms with van der Waals surface area (Å²) in [5.74, 6) is 1.03. The van der Waals surface area contributed by atoms with E-state index in [1.165, 1.54) is 0 Å². The molecule has 0 aliphatic carbocycles. The van der Waals surface area contributed by atoms with Gasteiger partial charge in [-0.25, -0.2) is 4.98 Å². The zero-order chi connectivity index (χ0) is 10.3. The first-order chi connectivity index (χ1) is 6.59. The summed E-state index contributed by atoms with van der Waals surface area (Å²) in [4.78, 5) is 14.2. The number of nitrogen functional groups attached to an aromatic ring is 1. The second kappa shape index (κ2) is 2.83. The Bertz CT molecular complexity index is 472. The Morgan fingerprint density at radius 1 is 1.36 bits per heavy atom. The van der Waals surface area contributed by atoms with Gasteiger partial charge in [-0.1, -0.05) is 0 Å². The number of aromatic nitrogens is 4. The fraction of sp³-hybridized carbons (Fsp3) is 0.375. The zero-order valence-corrected chi connectivity index (χ0v) is 8.39. The molecule has 2 N–H and O–H groups in total. The summed E-state index contributed by atoms with van der Waals surface area (Å²) in [6.07, 6.45) is 1.70. The molecule has 0 aliphatic heterocycles. The number of nitrogens with zero attached hydrogens (tertiary/aromatic N) is 5. The fourth-order valence-electron chi connectivity index (χ4n) is 1.36. The molecule has 0 unspecified atom stereocenters. The van der Waals surface area contributed by atoms with E-state index in [4.69, 9.17) is 5.73 Å². The van der Waals surface area contributed by atoms with Gasteiger partial charge in [0.25, 0.3) is 0 Å². The van der Waals surface area contributed by atoms with Gasteiger partial charge < -0.3 is 15.2 Å². The normalized spacial score (nSPS) is 10.8. The monoisotopic (exact) mass is 192 g/mol. The highest BCUT2D eigenvalue weighted by molar-refractivity contribution is 5.84. The minimum absolute atomic E-state index is 0.250. The molecule has 14 heavy (non-hydrogen) atoms. The van der Waals surface area contributed by atoms with Crippen LogP contribution >= 0.6 is 0 Å². The van der Waals surface area contributed by atoms with Crippen LogP contribution in [0.25, 0.3) is 11.2 Å². The van der Waals surface area contributed by atoms with E-state index in [9.17, 15) is 0 Å². The minimum Gasteiger partial charge on any atom is -0.368 e. The van der Waals surface area contributed by atoms with Gasteiger partial charge in [0.2, 0.25) is 5.95 Å². The highest BCUT2D eigenvalue weighted by atomic mass is 15.2. The van der Waals surface area contributed by atoms with Crippen LogP contribution in [0.1, 0.15) is 0 Å². The number of nitrogens with two attached hydrogens (primary N) is 1. The molecule has 2 rings (SSSR count). The van der Waals surface area contributed by atoms with Gasteiger partial charge in [-0.15, -0.1) is 0 Å². The molecule has 6 heteroatoms. The van der Waals surface area contributed by atoms with Gasteiger partial charge in [-0.05, 0) is 0 Å². The van der Waals surface area contributed by atoms with Gasteiger partial charge in [0.05, 0.1) is 6.33 Å². The molecule has 0 amide bonds. The summed E-state index contributed by atoms with van der Waals surface area (Å²) >= 11 is 0. The summed E-state index contributed by atoms with van der Waals surface area (Å²) < 4.78 is 1.88. The largest absolute Gasteiger partial charge is 0.368 e. The van der Waals surface area contributed by atoms with E-state index in [1.54, 1.807) is 6.33 Å². The van der Waals surface area contributed by atoms with Crippen molar-refractivity contribution in [1.82, 2.24) is 19.5 Å². The van der Waals surface area contributed by atoms with E-state index in [2.05, 4.69) is 15.0 Å². The molecule has 0 radical (unpaired) electrons. The van der Waals surface area contributed by atoms with Gasteiger partial charge in [-0.3, -0.25) is 0 Å². The standard InChI is InChI=1S/C8H12N6/c1-13(2)7-5-6(10-4-14(5)3)11-8(9)12-7/h4H,1-3H3,(H2,9,11,12). The predicted molar refractivity (Wildman–Crippen MR) is 55.0 cm³/mol. The number of aryl methyl sites for hydroxylation is 1. The molecule has 74 valence electrons. The van der Waals surface area contributed by atoms with Gasteiger partial charge in [0, 0.05) is 21.1 Å². The Morgan fingerprint density at radius 3 is 2.71 bits per heavy atom. The summed E-state index contributed by atoms with van der Waals surface area (Å²) in [6.45, 7) is 0. The lowest BCUT2D eigenvalue weighted by Gasteiger charge is -2.12. The SMILES string of the molecule is CN(C)c1nc(N)nc2ncn(C)c12. The second-order valence-corrected chi connectivity index (χ2v) is 3.33. The van der Waals surface area contributed by atoms with Crippen LogP contribution < -0.4 is 10.6 Å². The molecule has 0 saturated heterocycles. The molecule has 0 fully saturated rings. The van der Waals surface area contributed by atoms with Crippen LogP contribution in [0.5, 0.6) is 0 Å². The third kappa shape index (κ3) is 1.15. The van der Waals surface area contributed by atoms with Crippen molar-refractivity contribution in [2.24, 2.45) is 7.05 Å². The Morgan fingerprint density at radius 2 is 2.07 bits per heavy atom. The zero-order valence-electron chi connectivity index (χ0n) is 8.39. The van der Waals surface area contributed by atoms with Crippen LogP contribution in [0.15, 0.2) is 6.33 Å². The van der Waals surface area contributed by atoms with Crippen molar-refractivity contribution in [1.29, 1.82) is 0 Å². The lowest BCUT2D eigenvalue weighted by atomic mass is 10.4. The van der Waals surface area contributed by atoms with Crippen LogP contribution in [0.2, 0.25) is 0 Å². The average molecular weight is 192 g/mol. The van der Waals surface area contributed by atoms with E-state index in [-0.39, 0.29) is 5.95 Å². The third-order valence-electron chi connectivity index (χ3n) is 1.99. The quantitative estimate of drug-likeness (QED) is 0.689. The van der Waals surface area contributed by atoms with Crippen molar-refractivity contribution in [2.45, 2.75) is 0 Å². The van der Waals surface area contributed by atoms with Crippen molar-refractivity contribution < 1.29 is 0 Å². The molecule has 0 atom stereocenters. The van der Waals surface area contributed by atoms with Crippen LogP contribution in [0.4, 0.5) is 11.8 Å². The number of anilines is 2. The van der Waals surface area contributed by atoms with Crippen LogP contribution in [0.3, 0.4) is 0 Å². The van der Waals surface area contributed by atoms with E-state index in [0.717, 1.165) is 11.3 Å². The molecule has 0 aliphatic rings. The van der Waals surface area contributed by atoms with E-state index in [1.807, 2.05) is 30.6 Å². The van der Waals surface area contributed by atoms with Crippen LogP contribution in [0, 0.1) is 0 Å². The molecule has 2 heterocycles. The van der Waals surface area contributed by atoms with Crippen molar-refractivity contribution in [3.8, 4) is 0 Å². The first kappa shape index (κ1) is 8.74. The maximum atomic E-state index is 5.57. The van der Waals surface area contributed by atoms with Crippen molar-refractivity contribution >= 4 is 22.9 Å². The van der Waals surface area contributed by atoms with Crippen LogP contribution in [-0.4, -0.2) is 33.6 Å². The Hall–Kier alpha value is -1.85. The maximum Gasteiger partial charge on any atom is 0.224 e. The summed E-state index contributed by atoms with van der Waals surface area (Å²) in [7, 11) is 5.73. The lowest BCUT2D eigenvalue weighted by Crippen LogP contribution is -2.13. The average Bonchev–Trinajstić information content (AvgIpc) is 2.46. The molecule has 0 saturated carbocycles. The number of fused-ring (bicyclic) bond motifs is 1. The molecule has 6 nitrogen and oxygen atoms in total. The van der Waals surface area contributed by atoms with E-state index >= 15 is 0 Å². The third-order valence-corrected chi connectivity index (χ3v) is 1.99. The van der Waals surface area contributed by atoms with E-state index < -0.39 is 0 Å². The van der Waals surface area contributed by atoms with Gasteiger partial charge in [-0.2, -0.15) is 9.97 Å². The highest BCUT2D eigenvalue weighted by Crippen LogP contribution is 2.21. The van der Waals surface area contributed by atoms with Crippen molar-refractivity contribution in [3.63, 3.8) is 0 Å². The summed E-state index contributed by atoms with van der Waals surface area (Å²) in [5.41, 5.74) is 7.09. The number of hydrogen-bond donors (Lipinski definition) is 1. The Balaban J connectivity index is 2.83.